The summed E-state index contributed by atoms with van der Waals surface area (Å²) in [5.74, 6) is 0.628. The van der Waals surface area contributed by atoms with E-state index in [1.165, 1.54) is 12.0 Å². The summed E-state index contributed by atoms with van der Waals surface area (Å²) in [6.07, 6.45) is 3.45. The van der Waals surface area contributed by atoms with Crippen LogP contribution in [0.1, 0.15) is 40.7 Å². The predicted octanol–water partition coefficient (Wildman–Crippen LogP) is 1.85. The molecule has 0 radical (unpaired) electrons. The Hall–Kier alpha value is -1.35. The molecule has 84 valence electrons. The van der Waals surface area contributed by atoms with Crippen molar-refractivity contribution in [3.63, 3.8) is 0 Å². The minimum absolute atomic E-state index is 0.0119. The van der Waals surface area contributed by atoms with Crippen LogP contribution in [0.5, 0.6) is 5.75 Å². The third-order valence-electron chi connectivity index (χ3n) is 3.39. The molecule has 0 aromatic heterocycles. The van der Waals surface area contributed by atoms with Gasteiger partial charge in [0.2, 0.25) is 6.29 Å². The first-order valence-corrected chi connectivity index (χ1v) is 5.78. The van der Waals surface area contributed by atoms with Gasteiger partial charge in [0.25, 0.3) is 0 Å². The fourth-order valence-corrected chi connectivity index (χ4v) is 2.59. The molecule has 2 aliphatic rings. The number of hydrogen-bond donors (Lipinski definition) is 1. The number of rotatable bonds is 0. The number of Topliss-reactive ketones (excluding diaryl/α,β-unsaturated/α-hetero) is 1. The summed E-state index contributed by atoms with van der Waals surface area (Å²) in [7, 11) is 0. The van der Waals surface area contributed by atoms with Crippen LogP contribution < -0.4 is 4.74 Å². The fourth-order valence-electron chi connectivity index (χ4n) is 2.59. The Balaban J connectivity index is 2.15. The molecule has 3 heteroatoms. The Morgan fingerprint density at radius 3 is 2.94 bits per heavy atom. The zero-order valence-electron chi connectivity index (χ0n) is 9.03. The first-order valence-electron chi connectivity index (χ1n) is 5.78. The first-order chi connectivity index (χ1) is 7.75. The SMILES string of the molecule is O=C1CC(O)Oc2c1ccc1c2CCCC1. The van der Waals surface area contributed by atoms with E-state index in [1.54, 1.807) is 0 Å². The van der Waals surface area contributed by atoms with Crippen molar-refractivity contribution in [2.75, 3.05) is 0 Å². The molecule has 1 aliphatic carbocycles. The average molecular weight is 218 g/mol. The number of carbonyl (C=O) groups is 1. The van der Waals surface area contributed by atoms with Gasteiger partial charge in [-0.3, -0.25) is 4.79 Å². The number of ether oxygens (including phenoxy) is 1. The molecule has 3 nitrogen and oxygen atoms in total. The summed E-state index contributed by atoms with van der Waals surface area (Å²) >= 11 is 0. The van der Waals surface area contributed by atoms with Crippen molar-refractivity contribution in [1.82, 2.24) is 0 Å². The van der Waals surface area contributed by atoms with Gasteiger partial charge in [0.15, 0.2) is 5.78 Å². The molecule has 1 N–H and O–H groups in total. The molecular formula is C13H14O3. The van der Waals surface area contributed by atoms with Gasteiger partial charge in [-0.15, -0.1) is 0 Å². The van der Waals surface area contributed by atoms with Gasteiger partial charge >= 0.3 is 0 Å². The van der Waals surface area contributed by atoms with Crippen LogP contribution >= 0.6 is 0 Å². The maximum atomic E-state index is 11.7. The van der Waals surface area contributed by atoms with E-state index in [0.29, 0.717) is 11.3 Å². The van der Waals surface area contributed by atoms with Crippen LogP contribution in [0.4, 0.5) is 0 Å². The van der Waals surface area contributed by atoms with Crippen molar-refractivity contribution in [2.45, 2.75) is 38.4 Å². The molecule has 0 saturated carbocycles. The third kappa shape index (κ3) is 1.43. The molecule has 16 heavy (non-hydrogen) atoms. The summed E-state index contributed by atoms with van der Waals surface area (Å²) in [6, 6.07) is 3.87. The second-order valence-electron chi connectivity index (χ2n) is 4.49. The van der Waals surface area contributed by atoms with Crippen molar-refractivity contribution in [3.05, 3.63) is 28.8 Å². The molecule has 0 saturated heterocycles. The van der Waals surface area contributed by atoms with Crippen LogP contribution in [0.15, 0.2) is 12.1 Å². The van der Waals surface area contributed by atoms with E-state index in [1.807, 2.05) is 12.1 Å². The lowest BCUT2D eigenvalue weighted by Crippen LogP contribution is -2.27. The number of hydrogen-bond acceptors (Lipinski definition) is 3. The Kier molecular flexibility index (Phi) is 2.21. The Morgan fingerprint density at radius 2 is 2.06 bits per heavy atom. The molecule has 1 aromatic carbocycles. The first kappa shape index (κ1) is 9.85. The molecule has 1 atom stereocenters. The van der Waals surface area contributed by atoms with Crippen LogP contribution in [0.25, 0.3) is 0 Å². The molecule has 1 heterocycles. The molecule has 0 amide bonds. The Morgan fingerprint density at radius 1 is 1.25 bits per heavy atom. The standard InChI is InChI=1S/C13H14O3/c14-11-7-12(15)16-13-9-4-2-1-3-8(9)5-6-10(11)13/h5-6,12,15H,1-4,7H2. The Labute approximate surface area is 94.0 Å². The van der Waals surface area contributed by atoms with Gasteiger partial charge in [0, 0.05) is 0 Å². The van der Waals surface area contributed by atoms with Crippen molar-refractivity contribution in [1.29, 1.82) is 0 Å². The number of aliphatic hydroxyl groups is 1. The van der Waals surface area contributed by atoms with Crippen LogP contribution in [-0.4, -0.2) is 17.2 Å². The van der Waals surface area contributed by atoms with E-state index in [4.69, 9.17) is 4.74 Å². The second kappa shape index (κ2) is 3.59. The van der Waals surface area contributed by atoms with Gasteiger partial charge in [0.05, 0.1) is 12.0 Å². The highest BCUT2D eigenvalue weighted by atomic mass is 16.6. The summed E-state index contributed by atoms with van der Waals surface area (Å²) in [6.45, 7) is 0. The zero-order chi connectivity index (χ0) is 11.1. The summed E-state index contributed by atoms with van der Waals surface area (Å²) in [5, 5.41) is 9.48. The van der Waals surface area contributed by atoms with Gasteiger partial charge < -0.3 is 9.84 Å². The van der Waals surface area contributed by atoms with E-state index in [0.717, 1.165) is 24.8 Å². The number of aliphatic hydroxyl groups excluding tert-OH is 1. The minimum atomic E-state index is -0.964. The molecule has 1 unspecified atom stereocenters. The topological polar surface area (TPSA) is 46.5 Å². The highest BCUT2D eigenvalue weighted by Gasteiger charge is 2.28. The van der Waals surface area contributed by atoms with Crippen molar-refractivity contribution in [3.8, 4) is 5.75 Å². The van der Waals surface area contributed by atoms with Gasteiger partial charge in [-0.1, -0.05) is 6.07 Å². The maximum absolute atomic E-state index is 11.7. The normalized spacial score (nSPS) is 23.3. The van der Waals surface area contributed by atoms with Gasteiger partial charge in [0.1, 0.15) is 5.75 Å². The Bertz CT molecular complexity index is 451. The predicted molar refractivity (Wildman–Crippen MR) is 58.7 cm³/mol. The van der Waals surface area contributed by atoms with Crippen LogP contribution in [0.2, 0.25) is 0 Å². The second-order valence-corrected chi connectivity index (χ2v) is 4.49. The van der Waals surface area contributed by atoms with E-state index in [2.05, 4.69) is 0 Å². The van der Waals surface area contributed by atoms with Gasteiger partial charge in [-0.2, -0.15) is 0 Å². The van der Waals surface area contributed by atoms with Crippen LogP contribution in [0.3, 0.4) is 0 Å². The summed E-state index contributed by atoms with van der Waals surface area (Å²) < 4.78 is 5.44. The lowest BCUT2D eigenvalue weighted by Gasteiger charge is -2.27. The number of carbonyl (C=O) groups excluding carboxylic acids is 1. The minimum Gasteiger partial charge on any atom is -0.464 e. The van der Waals surface area contributed by atoms with Crippen molar-refractivity contribution < 1.29 is 14.6 Å². The molecule has 0 fully saturated rings. The molecule has 0 bridgehead atoms. The number of ketones is 1. The summed E-state index contributed by atoms with van der Waals surface area (Å²) in [5.41, 5.74) is 3.05. The summed E-state index contributed by atoms with van der Waals surface area (Å²) in [4.78, 5) is 11.7. The number of fused-ring (bicyclic) bond motifs is 3. The lowest BCUT2D eigenvalue weighted by atomic mass is 9.87. The highest BCUT2D eigenvalue weighted by Crippen LogP contribution is 2.36. The molecule has 3 rings (SSSR count). The van der Waals surface area contributed by atoms with Crippen molar-refractivity contribution in [2.24, 2.45) is 0 Å². The van der Waals surface area contributed by atoms with Crippen LogP contribution in [-0.2, 0) is 12.8 Å². The van der Waals surface area contributed by atoms with E-state index in [9.17, 15) is 9.90 Å². The number of aryl methyl sites for hydroxylation is 1. The van der Waals surface area contributed by atoms with Crippen molar-refractivity contribution >= 4 is 5.78 Å². The lowest BCUT2D eigenvalue weighted by molar-refractivity contribution is -0.0253. The largest absolute Gasteiger partial charge is 0.464 e. The van der Waals surface area contributed by atoms with Gasteiger partial charge in [-0.05, 0) is 42.9 Å². The zero-order valence-corrected chi connectivity index (χ0v) is 9.03. The molecule has 1 aliphatic heterocycles. The van der Waals surface area contributed by atoms with E-state index in [-0.39, 0.29) is 12.2 Å². The molecular weight excluding hydrogens is 204 g/mol. The quantitative estimate of drug-likeness (QED) is 0.722. The van der Waals surface area contributed by atoms with Gasteiger partial charge in [-0.25, -0.2) is 0 Å². The molecule has 1 aromatic rings. The monoisotopic (exact) mass is 218 g/mol. The van der Waals surface area contributed by atoms with Crippen LogP contribution in [0, 0.1) is 0 Å². The van der Waals surface area contributed by atoms with E-state index >= 15 is 0 Å². The fraction of sp³-hybridized carbons (Fsp3) is 0.462. The smallest absolute Gasteiger partial charge is 0.204 e. The maximum Gasteiger partial charge on any atom is 0.204 e. The highest BCUT2D eigenvalue weighted by molar-refractivity contribution is 6.00. The molecule has 0 spiro atoms. The average Bonchev–Trinajstić information content (AvgIpc) is 2.28. The van der Waals surface area contributed by atoms with E-state index < -0.39 is 6.29 Å². The third-order valence-corrected chi connectivity index (χ3v) is 3.39. The number of benzene rings is 1.